The van der Waals surface area contributed by atoms with Crippen LogP contribution >= 0.6 is 23.7 Å². The zero-order valence-electron chi connectivity index (χ0n) is 9.69. The minimum absolute atomic E-state index is 0. The van der Waals surface area contributed by atoms with Gasteiger partial charge in [-0.1, -0.05) is 13.3 Å². The van der Waals surface area contributed by atoms with Gasteiger partial charge in [0.15, 0.2) is 0 Å². The molecule has 5 heteroatoms. The maximum absolute atomic E-state index is 4.13. The molecule has 0 saturated carbocycles. The lowest BCUT2D eigenvalue weighted by molar-refractivity contribution is 0.145. The topological polar surface area (TPSA) is 28.2 Å². The van der Waals surface area contributed by atoms with Crippen molar-refractivity contribution in [2.24, 2.45) is 0 Å². The highest BCUT2D eigenvalue weighted by molar-refractivity contribution is 7.09. The summed E-state index contributed by atoms with van der Waals surface area (Å²) in [6.45, 7) is 6.78. The van der Waals surface area contributed by atoms with E-state index in [4.69, 9.17) is 0 Å². The number of piperazine rings is 1. The van der Waals surface area contributed by atoms with Gasteiger partial charge in [0.05, 0.1) is 5.51 Å². The van der Waals surface area contributed by atoms with Gasteiger partial charge in [0.1, 0.15) is 0 Å². The first-order valence-electron chi connectivity index (χ1n) is 5.72. The van der Waals surface area contributed by atoms with Crippen LogP contribution in [0.1, 0.15) is 24.6 Å². The second-order valence-corrected chi connectivity index (χ2v) is 5.06. The van der Waals surface area contributed by atoms with Gasteiger partial charge in [-0.15, -0.1) is 23.7 Å². The van der Waals surface area contributed by atoms with Crippen molar-refractivity contribution in [3.8, 4) is 0 Å². The normalized spacial score (nSPS) is 21.7. The summed E-state index contributed by atoms with van der Waals surface area (Å²) < 4.78 is 0. The Balaban J connectivity index is 0.00000128. The van der Waals surface area contributed by atoms with E-state index in [1.807, 2.05) is 11.7 Å². The van der Waals surface area contributed by atoms with Crippen LogP contribution < -0.4 is 5.32 Å². The number of aromatic nitrogens is 1. The molecule has 0 bridgehead atoms. The van der Waals surface area contributed by atoms with Crippen LogP contribution in [-0.2, 0) is 6.54 Å². The summed E-state index contributed by atoms with van der Waals surface area (Å²) in [5, 5.41) is 3.48. The lowest BCUT2D eigenvalue weighted by Crippen LogP contribution is -2.50. The van der Waals surface area contributed by atoms with E-state index < -0.39 is 0 Å². The fourth-order valence-corrected chi connectivity index (χ4v) is 2.77. The number of nitrogens with zero attached hydrogens (tertiary/aromatic N) is 2. The maximum atomic E-state index is 4.13. The third-order valence-corrected chi connectivity index (χ3v) is 3.70. The molecule has 16 heavy (non-hydrogen) atoms. The Morgan fingerprint density at radius 2 is 2.50 bits per heavy atom. The minimum atomic E-state index is 0. The van der Waals surface area contributed by atoms with E-state index in [1.54, 1.807) is 11.3 Å². The van der Waals surface area contributed by atoms with Crippen LogP contribution in [0.4, 0.5) is 0 Å². The summed E-state index contributed by atoms with van der Waals surface area (Å²) in [4.78, 5) is 8.11. The Kier molecular flexibility index (Phi) is 6.28. The van der Waals surface area contributed by atoms with Crippen LogP contribution in [0.3, 0.4) is 0 Å². The van der Waals surface area contributed by atoms with Gasteiger partial charge in [-0.3, -0.25) is 9.88 Å². The largest absolute Gasteiger partial charge is 0.314 e. The number of hydrogen-bond donors (Lipinski definition) is 1. The van der Waals surface area contributed by atoms with Crippen molar-refractivity contribution >= 4 is 23.7 Å². The first-order valence-corrected chi connectivity index (χ1v) is 6.60. The predicted molar refractivity (Wildman–Crippen MR) is 71.3 cm³/mol. The molecule has 92 valence electrons. The van der Waals surface area contributed by atoms with Gasteiger partial charge < -0.3 is 5.32 Å². The molecule has 3 nitrogen and oxygen atoms in total. The molecule has 0 amide bonds. The van der Waals surface area contributed by atoms with Gasteiger partial charge in [-0.2, -0.15) is 0 Å². The van der Waals surface area contributed by atoms with Crippen molar-refractivity contribution in [2.75, 3.05) is 19.6 Å². The molecule has 0 radical (unpaired) electrons. The minimum Gasteiger partial charge on any atom is -0.314 e. The Hall–Kier alpha value is -0.160. The zero-order valence-corrected chi connectivity index (χ0v) is 11.3. The van der Waals surface area contributed by atoms with Crippen molar-refractivity contribution < 1.29 is 0 Å². The molecular formula is C11H20ClN3S. The molecule has 0 aromatic carbocycles. The molecule has 1 aliphatic rings. The molecule has 1 fully saturated rings. The van der Waals surface area contributed by atoms with Crippen LogP contribution in [0.5, 0.6) is 0 Å². The van der Waals surface area contributed by atoms with Gasteiger partial charge >= 0.3 is 0 Å². The summed E-state index contributed by atoms with van der Waals surface area (Å²) in [7, 11) is 0. The zero-order chi connectivity index (χ0) is 10.5. The Labute approximate surface area is 108 Å². The van der Waals surface area contributed by atoms with E-state index in [9.17, 15) is 0 Å². The molecule has 1 aromatic heterocycles. The third kappa shape index (κ3) is 3.70. The Morgan fingerprint density at radius 1 is 1.62 bits per heavy atom. The van der Waals surface area contributed by atoms with Crippen LogP contribution in [0, 0.1) is 0 Å². The SMILES string of the molecule is CCCC1CNCCN1Cc1cncs1.Cl. The molecule has 2 rings (SSSR count). The van der Waals surface area contributed by atoms with Crippen LogP contribution in [0.15, 0.2) is 11.7 Å². The summed E-state index contributed by atoms with van der Waals surface area (Å²) in [6.07, 6.45) is 4.56. The van der Waals surface area contributed by atoms with Crippen LogP contribution in [0.25, 0.3) is 0 Å². The van der Waals surface area contributed by atoms with E-state index in [0.29, 0.717) is 6.04 Å². The average molecular weight is 262 g/mol. The highest BCUT2D eigenvalue weighted by atomic mass is 35.5. The molecule has 0 aliphatic carbocycles. The molecule has 2 heterocycles. The monoisotopic (exact) mass is 261 g/mol. The molecule has 1 N–H and O–H groups in total. The highest BCUT2D eigenvalue weighted by Crippen LogP contribution is 2.15. The van der Waals surface area contributed by atoms with E-state index in [0.717, 1.165) is 19.6 Å². The summed E-state index contributed by atoms with van der Waals surface area (Å²) in [6, 6.07) is 0.714. The molecule has 1 atom stereocenters. The first kappa shape index (κ1) is 13.9. The fraction of sp³-hybridized carbons (Fsp3) is 0.727. The highest BCUT2D eigenvalue weighted by Gasteiger charge is 2.21. The lowest BCUT2D eigenvalue weighted by atomic mass is 10.1. The molecule has 1 saturated heterocycles. The van der Waals surface area contributed by atoms with Crippen molar-refractivity contribution in [3.63, 3.8) is 0 Å². The average Bonchev–Trinajstić information content (AvgIpc) is 2.74. The lowest BCUT2D eigenvalue weighted by Gasteiger charge is -2.35. The van der Waals surface area contributed by atoms with Crippen LogP contribution in [-0.4, -0.2) is 35.6 Å². The maximum Gasteiger partial charge on any atom is 0.0794 e. The van der Waals surface area contributed by atoms with Gasteiger partial charge in [0, 0.05) is 43.3 Å². The van der Waals surface area contributed by atoms with Gasteiger partial charge in [-0.05, 0) is 6.42 Å². The second kappa shape index (κ2) is 7.22. The number of nitrogens with one attached hydrogen (secondary N) is 1. The fourth-order valence-electron chi connectivity index (χ4n) is 2.15. The van der Waals surface area contributed by atoms with Gasteiger partial charge in [0.25, 0.3) is 0 Å². The number of hydrogen-bond acceptors (Lipinski definition) is 4. The third-order valence-electron chi connectivity index (χ3n) is 2.94. The van der Waals surface area contributed by atoms with Crippen molar-refractivity contribution in [3.05, 3.63) is 16.6 Å². The molecule has 1 aliphatic heterocycles. The molecule has 1 unspecified atom stereocenters. The van der Waals surface area contributed by atoms with E-state index in [1.165, 1.54) is 24.3 Å². The predicted octanol–water partition coefficient (Wildman–Crippen LogP) is 2.14. The quantitative estimate of drug-likeness (QED) is 0.900. The van der Waals surface area contributed by atoms with E-state index >= 15 is 0 Å². The Morgan fingerprint density at radius 3 is 3.19 bits per heavy atom. The van der Waals surface area contributed by atoms with Gasteiger partial charge in [0.2, 0.25) is 0 Å². The van der Waals surface area contributed by atoms with Crippen molar-refractivity contribution in [2.45, 2.75) is 32.4 Å². The number of halogens is 1. The van der Waals surface area contributed by atoms with E-state index in [2.05, 4.69) is 22.1 Å². The van der Waals surface area contributed by atoms with Crippen molar-refractivity contribution in [1.29, 1.82) is 0 Å². The van der Waals surface area contributed by atoms with E-state index in [-0.39, 0.29) is 12.4 Å². The summed E-state index contributed by atoms with van der Waals surface area (Å²) >= 11 is 1.76. The number of thiazole rings is 1. The van der Waals surface area contributed by atoms with Crippen LogP contribution in [0.2, 0.25) is 0 Å². The molecule has 1 aromatic rings. The second-order valence-electron chi connectivity index (χ2n) is 4.08. The molecular weight excluding hydrogens is 242 g/mol. The molecule has 0 spiro atoms. The summed E-state index contributed by atoms with van der Waals surface area (Å²) in [5.41, 5.74) is 1.92. The Bertz CT molecular complexity index is 277. The number of rotatable bonds is 4. The first-order chi connectivity index (χ1) is 7.40. The standard InChI is InChI=1S/C11H19N3S.ClH/c1-2-3-10-6-12-4-5-14(10)8-11-7-13-9-15-11;/h7,9-10,12H,2-6,8H2,1H3;1H. The summed E-state index contributed by atoms with van der Waals surface area (Å²) in [5.74, 6) is 0. The van der Waals surface area contributed by atoms with Crippen molar-refractivity contribution in [1.82, 2.24) is 15.2 Å². The smallest absolute Gasteiger partial charge is 0.0794 e. The van der Waals surface area contributed by atoms with Gasteiger partial charge in [-0.25, -0.2) is 0 Å².